The number of benzene rings is 1. The third-order valence-corrected chi connectivity index (χ3v) is 11.0. The first-order valence-electron chi connectivity index (χ1n) is 18.2. The summed E-state index contributed by atoms with van der Waals surface area (Å²) < 4.78 is 24.2. The molecule has 2 N–H and O–H groups in total. The predicted molar refractivity (Wildman–Crippen MR) is 195 cm³/mol. The molecule has 0 bridgehead atoms. The zero-order valence-corrected chi connectivity index (χ0v) is 32.2. The molecule has 1 aromatic heterocycles. The number of likely N-dealkylation sites (tertiary alicyclic amines) is 1. The van der Waals surface area contributed by atoms with Crippen molar-refractivity contribution in [1.29, 1.82) is 0 Å². The smallest absolute Gasteiger partial charge is 0.308 e. The number of rotatable bonds is 17. The Morgan fingerprint density at radius 3 is 2.33 bits per heavy atom. The number of esters is 2. The molecular weight excluding hydrogens is 690 g/mol. The average Bonchev–Trinajstić information content (AvgIpc) is 3.83. The van der Waals surface area contributed by atoms with Gasteiger partial charge in [0.15, 0.2) is 6.10 Å². The molecule has 2 heterocycles. The number of carbonyl (C=O) groups excluding carboxylic acids is 5. The summed E-state index contributed by atoms with van der Waals surface area (Å²) in [6.07, 6.45) is 4.52. The van der Waals surface area contributed by atoms with Crippen LogP contribution in [0.25, 0.3) is 0 Å². The number of carbonyl (C=O) groups is 5. The Morgan fingerprint density at radius 2 is 1.73 bits per heavy atom. The van der Waals surface area contributed by atoms with Gasteiger partial charge in [-0.05, 0) is 81.6 Å². The summed E-state index contributed by atoms with van der Waals surface area (Å²) >= 11 is 1.17. The Bertz CT molecular complexity index is 1550. The number of likely N-dealkylation sites (N-methyl/N-ethyl adjacent to an activating group) is 2. The van der Waals surface area contributed by atoms with E-state index in [1.54, 1.807) is 36.4 Å². The van der Waals surface area contributed by atoms with Crippen molar-refractivity contribution in [1.82, 2.24) is 25.4 Å². The van der Waals surface area contributed by atoms with Crippen LogP contribution in [0.2, 0.25) is 0 Å². The molecule has 1 aliphatic heterocycles. The van der Waals surface area contributed by atoms with Gasteiger partial charge in [0, 0.05) is 37.9 Å². The van der Waals surface area contributed by atoms with Gasteiger partial charge in [0.05, 0.1) is 19.1 Å². The molecule has 12 nitrogen and oxygen atoms in total. The van der Waals surface area contributed by atoms with Crippen molar-refractivity contribution in [2.45, 2.75) is 109 Å². The van der Waals surface area contributed by atoms with Gasteiger partial charge in [-0.25, -0.2) is 9.37 Å². The molecule has 1 unspecified atom stereocenters. The number of hydrogen-bond donors (Lipinski definition) is 2. The minimum absolute atomic E-state index is 0.0428. The predicted octanol–water partition coefficient (Wildman–Crippen LogP) is 4.68. The molecule has 1 saturated heterocycles. The second-order valence-corrected chi connectivity index (χ2v) is 15.5. The number of halogens is 1. The van der Waals surface area contributed by atoms with E-state index in [1.807, 2.05) is 20.9 Å². The van der Waals surface area contributed by atoms with Crippen LogP contribution in [0.1, 0.15) is 99.8 Å². The summed E-state index contributed by atoms with van der Waals surface area (Å²) in [5, 5.41) is 8.04. The fourth-order valence-electron chi connectivity index (χ4n) is 6.97. The molecule has 1 aliphatic carbocycles. The third kappa shape index (κ3) is 11.3. The molecule has 2 aromatic rings. The van der Waals surface area contributed by atoms with Gasteiger partial charge in [-0.15, -0.1) is 11.3 Å². The molecule has 14 heteroatoms. The van der Waals surface area contributed by atoms with Crippen LogP contribution in [0.5, 0.6) is 0 Å². The summed E-state index contributed by atoms with van der Waals surface area (Å²) in [5.74, 6) is -2.57. The molecule has 286 valence electrons. The fourth-order valence-corrected chi connectivity index (χ4v) is 7.81. The maximum Gasteiger partial charge on any atom is 0.308 e. The number of amides is 3. The van der Waals surface area contributed by atoms with E-state index in [1.165, 1.54) is 37.5 Å². The summed E-state index contributed by atoms with van der Waals surface area (Å²) in [6, 6.07) is 4.17. The van der Waals surface area contributed by atoms with Gasteiger partial charge in [0.1, 0.15) is 22.6 Å². The number of aromatic nitrogens is 1. The van der Waals surface area contributed by atoms with Crippen molar-refractivity contribution >= 4 is 41.0 Å². The van der Waals surface area contributed by atoms with E-state index in [0.717, 1.165) is 44.2 Å². The van der Waals surface area contributed by atoms with Crippen LogP contribution in [-0.4, -0.2) is 96.4 Å². The van der Waals surface area contributed by atoms with Crippen molar-refractivity contribution in [2.24, 2.45) is 17.8 Å². The Labute approximate surface area is 310 Å². The molecule has 52 heavy (non-hydrogen) atoms. The Morgan fingerprint density at radius 1 is 1.04 bits per heavy atom. The minimum Gasteiger partial charge on any atom is -0.469 e. The average molecular weight is 744 g/mol. The largest absolute Gasteiger partial charge is 0.469 e. The van der Waals surface area contributed by atoms with Gasteiger partial charge < -0.3 is 25.0 Å². The van der Waals surface area contributed by atoms with E-state index in [-0.39, 0.29) is 60.1 Å². The SMILES string of the molecule is COC(=O)[C@@H](C)C[C@H](Cc1ccc(F)cc1)NC(=O)c1csc([C@@H](CC(C(C)C)N(C)C(=O)[C@@H](NC(=O)[C@H]2CCCCN2C)C2CC2)OC(C)=O)n1. The molecule has 2 fully saturated rings. The van der Waals surface area contributed by atoms with Crippen molar-refractivity contribution in [2.75, 3.05) is 27.7 Å². The molecule has 0 spiro atoms. The Hall–Kier alpha value is -3.91. The standard InChI is InChI=1S/C38H54FN5O7S/c1-22(2)31(44(6)37(48)33(26-13-14-26)42-35(47)30-10-8-9-17-43(30)5)20-32(51-24(4)45)36-41-29(21-52-36)34(46)40-28(18-23(3)38(49)50-7)19-25-11-15-27(39)16-12-25/h11-12,15-16,21-23,26,28,30-33H,8-10,13-14,17-20H2,1-7H3,(H,40,46)(H,42,47)/t23-,28+,30+,31?,32+,33-/m0/s1. The first kappa shape index (κ1) is 40.9. The van der Waals surface area contributed by atoms with Crippen molar-refractivity contribution in [3.05, 3.63) is 51.7 Å². The number of nitrogens with zero attached hydrogens (tertiary/aromatic N) is 3. The summed E-state index contributed by atoms with van der Waals surface area (Å²) in [7, 11) is 4.98. The third-order valence-electron chi connectivity index (χ3n) is 10.1. The fraction of sp³-hybridized carbons (Fsp3) is 0.632. The molecule has 2 aliphatic rings. The summed E-state index contributed by atoms with van der Waals surface area (Å²) in [5.41, 5.74) is 0.891. The highest BCUT2D eigenvalue weighted by Gasteiger charge is 2.42. The van der Waals surface area contributed by atoms with Gasteiger partial charge in [-0.3, -0.25) is 28.9 Å². The summed E-state index contributed by atoms with van der Waals surface area (Å²) in [4.78, 5) is 73.8. The van der Waals surface area contributed by atoms with Crippen molar-refractivity contribution < 1.29 is 37.8 Å². The van der Waals surface area contributed by atoms with E-state index < -0.39 is 42.0 Å². The van der Waals surface area contributed by atoms with Gasteiger partial charge in [0.2, 0.25) is 11.8 Å². The van der Waals surface area contributed by atoms with Gasteiger partial charge >= 0.3 is 11.9 Å². The van der Waals surface area contributed by atoms with E-state index in [9.17, 15) is 28.4 Å². The second kappa shape index (κ2) is 18.7. The zero-order chi connectivity index (χ0) is 38.1. The first-order valence-corrected chi connectivity index (χ1v) is 19.1. The van der Waals surface area contributed by atoms with Gasteiger partial charge in [0.25, 0.3) is 5.91 Å². The molecule has 3 amide bonds. The van der Waals surface area contributed by atoms with E-state index in [2.05, 4.69) is 20.5 Å². The van der Waals surface area contributed by atoms with Crippen molar-refractivity contribution in [3.8, 4) is 0 Å². The van der Waals surface area contributed by atoms with E-state index in [4.69, 9.17) is 9.47 Å². The minimum atomic E-state index is -0.842. The van der Waals surface area contributed by atoms with Gasteiger partial charge in [-0.1, -0.05) is 39.3 Å². The van der Waals surface area contributed by atoms with Crippen LogP contribution in [0.4, 0.5) is 4.39 Å². The number of hydrogen-bond acceptors (Lipinski definition) is 10. The van der Waals surface area contributed by atoms with Crippen LogP contribution in [0.3, 0.4) is 0 Å². The van der Waals surface area contributed by atoms with Gasteiger partial charge in [-0.2, -0.15) is 0 Å². The molecular formula is C38H54FN5O7S. The van der Waals surface area contributed by atoms with Crippen LogP contribution in [-0.2, 0) is 35.1 Å². The second-order valence-electron chi connectivity index (χ2n) is 14.6. The number of ether oxygens (including phenoxy) is 2. The maximum atomic E-state index is 14.1. The highest BCUT2D eigenvalue weighted by Crippen LogP contribution is 2.36. The lowest BCUT2D eigenvalue weighted by atomic mass is 9.95. The molecule has 6 atom stereocenters. The number of nitrogens with one attached hydrogen (secondary N) is 2. The number of methoxy groups -OCH3 is 1. The highest BCUT2D eigenvalue weighted by molar-refractivity contribution is 7.09. The molecule has 0 radical (unpaired) electrons. The first-order chi connectivity index (χ1) is 24.7. The highest BCUT2D eigenvalue weighted by atomic mass is 32.1. The number of piperidine rings is 1. The normalized spacial score (nSPS) is 19.1. The Balaban J connectivity index is 1.49. The number of thiazole rings is 1. The molecule has 1 saturated carbocycles. The lowest BCUT2D eigenvalue weighted by molar-refractivity contribution is -0.149. The summed E-state index contributed by atoms with van der Waals surface area (Å²) in [6.45, 7) is 7.83. The maximum absolute atomic E-state index is 14.1. The lowest BCUT2D eigenvalue weighted by Crippen LogP contribution is -2.56. The van der Waals surface area contributed by atoms with E-state index in [0.29, 0.717) is 11.4 Å². The Kier molecular flexibility index (Phi) is 14.7. The quantitative estimate of drug-likeness (QED) is 0.221. The molecule has 1 aromatic carbocycles. The van der Waals surface area contributed by atoms with Crippen molar-refractivity contribution in [3.63, 3.8) is 0 Å². The molecule has 4 rings (SSSR count). The van der Waals surface area contributed by atoms with Crippen LogP contribution >= 0.6 is 11.3 Å². The zero-order valence-electron chi connectivity index (χ0n) is 31.4. The van der Waals surface area contributed by atoms with E-state index >= 15 is 0 Å². The topological polar surface area (TPSA) is 147 Å². The monoisotopic (exact) mass is 743 g/mol. The van der Waals surface area contributed by atoms with Crippen LogP contribution < -0.4 is 10.6 Å². The lowest BCUT2D eigenvalue weighted by Gasteiger charge is -2.37. The van der Waals surface area contributed by atoms with Crippen LogP contribution in [0, 0.1) is 23.6 Å². The van der Waals surface area contributed by atoms with Crippen LogP contribution in [0.15, 0.2) is 29.6 Å².